The molecule has 2 saturated carbocycles. The minimum absolute atomic E-state index is 0.0255. The highest BCUT2D eigenvalue weighted by Gasteiger charge is 2.55. The first-order chi connectivity index (χ1) is 29.6. The lowest BCUT2D eigenvalue weighted by Crippen LogP contribution is -2.59. The molecule has 5 aliphatic heterocycles. The van der Waals surface area contributed by atoms with Crippen molar-refractivity contribution in [3.05, 3.63) is 0 Å². The monoisotopic (exact) mass is 885 g/mol. The van der Waals surface area contributed by atoms with Crippen molar-refractivity contribution in [1.82, 2.24) is 0 Å². The van der Waals surface area contributed by atoms with Crippen LogP contribution in [0.15, 0.2) is 0 Å². The van der Waals surface area contributed by atoms with Gasteiger partial charge in [0.15, 0.2) is 12.6 Å². The predicted molar refractivity (Wildman–Crippen MR) is 221 cm³/mol. The molecule has 20 unspecified atom stereocenters. The van der Waals surface area contributed by atoms with E-state index in [0.29, 0.717) is 37.5 Å². The van der Waals surface area contributed by atoms with Crippen LogP contribution in [-0.4, -0.2) is 162 Å². The lowest BCUT2D eigenvalue weighted by atomic mass is 9.73. The Kier molecular flexibility index (Phi) is 15.7. The highest BCUT2D eigenvalue weighted by Crippen LogP contribution is 2.51. The number of carbonyl (C=O) groups is 2. The summed E-state index contributed by atoms with van der Waals surface area (Å²) in [5.41, 5.74) is -1.45. The quantitative estimate of drug-likeness (QED) is 0.267. The van der Waals surface area contributed by atoms with E-state index in [2.05, 4.69) is 13.8 Å². The van der Waals surface area contributed by atoms with E-state index in [4.69, 9.17) is 56.8 Å². The van der Waals surface area contributed by atoms with Crippen molar-refractivity contribution >= 4 is 11.9 Å². The van der Waals surface area contributed by atoms with Crippen LogP contribution in [-0.2, 0) is 66.4 Å². The van der Waals surface area contributed by atoms with Crippen LogP contribution < -0.4 is 0 Å². The number of esters is 2. The average Bonchev–Trinajstić information content (AvgIpc) is 4.17. The van der Waals surface area contributed by atoms with Gasteiger partial charge in [-0.3, -0.25) is 9.59 Å². The number of aliphatic hydroxyl groups is 2. The van der Waals surface area contributed by atoms with Crippen LogP contribution in [0.1, 0.15) is 106 Å². The first kappa shape index (κ1) is 48.4. The van der Waals surface area contributed by atoms with Crippen molar-refractivity contribution in [2.24, 2.45) is 34.5 Å². The van der Waals surface area contributed by atoms with Gasteiger partial charge in [-0.2, -0.15) is 0 Å². The van der Waals surface area contributed by atoms with Gasteiger partial charge >= 0.3 is 11.9 Å². The lowest BCUT2D eigenvalue weighted by Gasteiger charge is -2.50. The summed E-state index contributed by atoms with van der Waals surface area (Å²) < 4.78 is 74.5. The molecule has 0 radical (unpaired) electrons. The molecule has 62 heavy (non-hydrogen) atoms. The molecule has 2 N–H and O–H groups in total. The second-order valence-corrected chi connectivity index (χ2v) is 20.3. The minimum Gasteiger partial charge on any atom is -0.462 e. The Hall–Kier alpha value is -1.54. The number of hydrogen-bond acceptors (Lipinski definition) is 16. The van der Waals surface area contributed by atoms with E-state index in [9.17, 15) is 19.8 Å². The number of hydrogen-bond donors (Lipinski definition) is 2. The zero-order valence-electron chi connectivity index (χ0n) is 38.6. The van der Waals surface area contributed by atoms with E-state index >= 15 is 0 Å². The van der Waals surface area contributed by atoms with Gasteiger partial charge in [0.05, 0.1) is 62.7 Å². The van der Waals surface area contributed by atoms with E-state index in [0.717, 1.165) is 25.7 Å². The molecule has 5 heterocycles. The standard InChI is InChI=1S/C46H76O16/c1-11-23-13-27(23)29-15-25-17-33(61-43-39(49)41(53-9)31(51-7)21-55-43)45(3,4)36(57-25)20-38(48)60-30(28-14-24(28)12-2)16-26-18-34(46(5,6)35(58-26)19-37(47)59-29)62-44-40(50)42(54-10)32(52-8)22-56-44/h23-36,39-44,49-50H,11-22H2,1-10H3. The summed E-state index contributed by atoms with van der Waals surface area (Å²) in [5, 5.41) is 22.7. The predicted octanol–water partition coefficient (Wildman–Crippen LogP) is 4.11. The summed E-state index contributed by atoms with van der Waals surface area (Å²) in [4.78, 5) is 28.6. The number of methoxy groups -OCH3 is 4. The number of aliphatic hydroxyl groups excluding tert-OH is 2. The van der Waals surface area contributed by atoms with Crippen molar-refractivity contribution in [2.75, 3.05) is 41.7 Å². The Bertz CT molecular complexity index is 1390. The van der Waals surface area contributed by atoms with Gasteiger partial charge in [-0.15, -0.1) is 0 Å². The van der Waals surface area contributed by atoms with Crippen LogP contribution in [0.25, 0.3) is 0 Å². The molecule has 0 aromatic heterocycles. The largest absolute Gasteiger partial charge is 0.462 e. The molecule has 0 aromatic carbocycles. The summed E-state index contributed by atoms with van der Waals surface area (Å²) in [6.07, 6.45) is -5.15. The average molecular weight is 885 g/mol. The van der Waals surface area contributed by atoms with Gasteiger partial charge in [0.25, 0.3) is 0 Å². The third-order valence-electron chi connectivity index (χ3n) is 15.8. The van der Waals surface area contributed by atoms with E-state index in [-0.39, 0.29) is 49.8 Å². The highest BCUT2D eigenvalue weighted by molar-refractivity contribution is 5.71. The summed E-state index contributed by atoms with van der Waals surface area (Å²) >= 11 is 0. The third kappa shape index (κ3) is 10.4. The molecule has 7 fully saturated rings. The van der Waals surface area contributed by atoms with Gasteiger partial charge in [-0.25, -0.2) is 0 Å². The molecule has 16 heteroatoms. The fourth-order valence-electron chi connectivity index (χ4n) is 11.1. The van der Waals surface area contributed by atoms with Crippen LogP contribution in [0.3, 0.4) is 0 Å². The molecule has 7 aliphatic rings. The Labute approximate surface area is 367 Å². The van der Waals surface area contributed by atoms with Crippen molar-refractivity contribution in [1.29, 1.82) is 0 Å². The second kappa shape index (κ2) is 20.1. The van der Waals surface area contributed by atoms with Gasteiger partial charge in [-0.05, 0) is 36.5 Å². The zero-order valence-corrected chi connectivity index (χ0v) is 38.6. The highest BCUT2D eigenvalue weighted by atomic mass is 16.7. The maximum absolute atomic E-state index is 14.3. The molecular weight excluding hydrogens is 808 g/mol. The fraction of sp³-hybridized carbons (Fsp3) is 0.957. The lowest BCUT2D eigenvalue weighted by molar-refractivity contribution is -0.315. The summed E-state index contributed by atoms with van der Waals surface area (Å²) in [6, 6.07) is 0. The van der Waals surface area contributed by atoms with E-state index in [1.165, 1.54) is 14.2 Å². The maximum atomic E-state index is 14.3. The Morgan fingerprint density at radius 2 is 0.968 bits per heavy atom. The van der Waals surface area contributed by atoms with Crippen LogP contribution in [0.2, 0.25) is 0 Å². The molecule has 2 aliphatic carbocycles. The van der Waals surface area contributed by atoms with Crippen molar-refractivity contribution in [3.63, 3.8) is 0 Å². The molecule has 4 bridgehead atoms. The molecule has 7 rings (SSSR count). The summed E-state index contributed by atoms with van der Waals surface area (Å²) in [6.45, 7) is 12.7. The van der Waals surface area contributed by atoms with Crippen molar-refractivity contribution in [2.45, 2.75) is 204 Å². The molecule has 20 atom stereocenters. The molecular formula is C46H76O16. The number of carbonyl (C=O) groups excluding carboxylic acids is 2. The number of fused-ring (bicyclic) bond motifs is 4. The molecule has 0 amide bonds. The Morgan fingerprint density at radius 3 is 1.29 bits per heavy atom. The van der Waals surface area contributed by atoms with Gasteiger partial charge < -0.3 is 67.1 Å². The summed E-state index contributed by atoms with van der Waals surface area (Å²) in [7, 11) is 6.15. The fourth-order valence-corrected chi connectivity index (χ4v) is 11.1. The maximum Gasteiger partial charge on any atom is 0.308 e. The first-order valence-electron chi connectivity index (χ1n) is 23.3. The van der Waals surface area contributed by atoms with E-state index < -0.39 is 109 Å². The second-order valence-electron chi connectivity index (χ2n) is 20.3. The number of ether oxygens (including phenoxy) is 12. The molecule has 0 aromatic rings. The third-order valence-corrected chi connectivity index (χ3v) is 15.8. The van der Waals surface area contributed by atoms with E-state index in [1.54, 1.807) is 14.2 Å². The van der Waals surface area contributed by atoms with Crippen molar-refractivity contribution in [3.8, 4) is 0 Å². The van der Waals surface area contributed by atoms with Crippen LogP contribution in [0.5, 0.6) is 0 Å². The number of cyclic esters (lactones) is 2. The zero-order chi connectivity index (χ0) is 44.7. The topological polar surface area (TPSA) is 185 Å². The smallest absolute Gasteiger partial charge is 0.308 e. The Balaban J connectivity index is 1.17. The van der Waals surface area contributed by atoms with Crippen LogP contribution >= 0.6 is 0 Å². The molecule has 356 valence electrons. The minimum atomic E-state index is -1.12. The van der Waals surface area contributed by atoms with Gasteiger partial charge in [0.2, 0.25) is 0 Å². The van der Waals surface area contributed by atoms with Gasteiger partial charge in [0.1, 0.15) is 48.8 Å². The number of rotatable bonds is 12. The molecule has 16 nitrogen and oxygen atoms in total. The van der Waals surface area contributed by atoms with Gasteiger partial charge in [0, 0.05) is 65.0 Å². The van der Waals surface area contributed by atoms with Gasteiger partial charge in [-0.1, -0.05) is 54.4 Å². The van der Waals surface area contributed by atoms with Crippen LogP contribution in [0.4, 0.5) is 0 Å². The van der Waals surface area contributed by atoms with Crippen LogP contribution in [0, 0.1) is 34.5 Å². The van der Waals surface area contributed by atoms with Crippen molar-refractivity contribution < 1.29 is 76.6 Å². The molecule has 0 spiro atoms. The van der Waals surface area contributed by atoms with E-state index in [1.807, 2.05) is 27.7 Å². The summed E-state index contributed by atoms with van der Waals surface area (Å²) in [5.74, 6) is 0.398. The SMILES string of the molecule is CCC1CC1C1CC2CC(OC3OCC(OC)C(OC)C3O)C(C)(C)C(CC(=O)OC(C3CC3CC)CC3CC(OC4OCC(OC)C(OC)C4O)C(C)(C)C(CC(=O)O1)O3)O2. The molecule has 5 saturated heterocycles. The normalized spacial score (nSPS) is 47.2. The first-order valence-corrected chi connectivity index (χ1v) is 23.3. The Morgan fingerprint density at radius 1 is 0.581 bits per heavy atom.